The van der Waals surface area contributed by atoms with Crippen molar-refractivity contribution in [3.8, 4) is 17.2 Å². The van der Waals surface area contributed by atoms with Crippen LogP contribution >= 0.6 is 11.6 Å². The number of anilines is 2. The van der Waals surface area contributed by atoms with Crippen molar-refractivity contribution in [1.82, 2.24) is 0 Å². The molecular weight excluding hydrogens is 360 g/mol. The Hall–Kier alpha value is -2.93. The van der Waals surface area contributed by atoms with E-state index in [9.17, 15) is 9.59 Å². The van der Waals surface area contributed by atoms with Crippen molar-refractivity contribution in [3.05, 3.63) is 40.9 Å². The molecule has 0 spiro atoms. The molecule has 0 aromatic heterocycles. The SMILES string of the molecule is COc1cc(C(=O)Nc2ccc3c(c2)NC(=O)[C@H](C)O3)cc(Cl)c1OC. The van der Waals surface area contributed by atoms with E-state index in [2.05, 4.69) is 10.6 Å². The van der Waals surface area contributed by atoms with E-state index < -0.39 is 6.10 Å². The maximum atomic E-state index is 12.5. The van der Waals surface area contributed by atoms with Gasteiger partial charge in [-0.1, -0.05) is 11.6 Å². The Labute approximate surface area is 155 Å². The molecule has 0 radical (unpaired) electrons. The molecule has 3 rings (SSSR count). The lowest BCUT2D eigenvalue weighted by atomic mass is 10.1. The summed E-state index contributed by atoms with van der Waals surface area (Å²) in [7, 11) is 2.93. The molecule has 0 saturated carbocycles. The monoisotopic (exact) mass is 376 g/mol. The minimum atomic E-state index is -0.558. The van der Waals surface area contributed by atoms with Crippen LogP contribution in [0.4, 0.5) is 11.4 Å². The molecule has 2 aromatic carbocycles. The molecule has 1 aliphatic rings. The zero-order chi connectivity index (χ0) is 18.8. The van der Waals surface area contributed by atoms with Crippen LogP contribution in [0, 0.1) is 0 Å². The first-order valence-electron chi connectivity index (χ1n) is 7.77. The number of carbonyl (C=O) groups is 2. The van der Waals surface area contributed by atoms with Gasteiger partial charge in [-0.2, -0.15) is 0 Å². The first-order valence-corrected chi connectivity index (χ1v) is 8.15. The summed E-state index contributed by atoms with van der Waals surface area (Å²) in [6.45, 7) is 1.66. The molecule has 136 valence electrons. The Morgan fingerprint density at radius 1 is 1.23 bits per heavy atom. The predicted octanol–water partition coefficient (Wildman–Crippen LogP) is 3.33. The minimum absolute atomic E-state index is 0.243. The lowest BCUT2D eigenvalue weighted by Crippen LogP contribution is -2.34. The largest absolute Gasteiger partial charge is 0.493 e. The van der Waals surface area contributed by atoms with Gasteiger partial charge in [0.1, 0.15) is 5.75 Å². The first-order chi connectivity index (χ1) is 12.4. The predicted molar refractivity (Wildman–Crippen MR) is 97.7 cm³/mol. The maximum Gasteiger partial charge on any atom is 0.265 e. The van der Waals surface area contributed by atoms with E-state index in [1.54, 1.807) is 25.1 Å². The first kappa shape index (κ1) is 17.9. The molecular formula is C18H17ClN2O5. The molecule has 0 aliphatic carbocycles. The van der Waals surface area contributed by atoms with E-state index in [1.165, 1.54) is 26.4 Å². The van der Waals surface area contributed by atoms with Gasteiger partial charge in [0.15, 0.2) is 17.6 Å². The lowest BCUT2D eigenvalue weighted by Gasteiger charge is -2.23. The number of nitrogens with one attached hydrogen (secondary N) is 2. The number of carbonyl (C=O) groups excluding carboxylic acids is 2. The highest BCUT2D eigenvalue weighted by molar-refractivity contribution is 6.32. The van der Waals surface area contributed by atoms with Crippen LogP contribution in [0.25, 0.3) is 0 Å². The van der Waals surface area contributed by atoms with Crippen molar-refractivity contribution in [3.63, 3.8) is 0 Å². The van der Waals surface area contributed by atoms with E-state index >= 15 is 0 Å². The fourth-order valence-electron chi connectivity index (χ4n) is 2.54. The Morgan fingerprint density at radius 2 is 2.00 bits per heavy atom. The highest BCUT2D eigenvalue weighted by Gasteiger charge is 2.24. The number of amides is 2. The van der Waals surface area contributed by atoms with Gasteiger partial charge in [0, 0.05) is 11.3 Å². The third-order valence-corrected chi connectivity index (χ3v) is 4.14. The second kappa shape index (κ2) is 7.13. The molecule has 2 aromatic rings. The van der Waals surface area contributed by atoms with Gasteiger partial charge in [-0.05, 0) is 37.3 Å². The summed E-state index contributed by atoms with van der Waals surface area (Å²) in [5.74, 6) is 0.625. The summed E-state index contributed by atoms with van der Waals surface area (Å²) in [6.07, 6.45) is -0.558. The van der Waals surface area contributed by atoms with Gasteiger partial charge in [0.2, 0.25) is 0 Å². The number of rotatable bonds is 4. The van der Waals surface area contributed by atoms with E-state index in [0.717, 1.165) is 0 Å². The summed E-state index contributed by atoms with van der Waals surface area (Å²) in [5, 5.41) is 5.74. The number of hydrogen-bond acceptors (Lipinski definition) is 5. The van der Waals surface area contributed by atoms with E-state index in [0.29, 0.717) is 34.2 Å². The van der Waals surface area contributed by atoms with Gasteiger partial charge >= 0.3 is 0 Å². The quantitative estimate of drug-likeness (QED) is 0.854. The Morgan fingerprint density at radius 3 is 2.69 bits per heavy atom. The molecule has 0 bridgehead atoms. The standard InChI is InChI=1S/C18H17ClN2O5/c1-9-17(22)21-13-8-11(4-5-14(13)26-9)20-18(23)10-6-12(19)16(25-3)15(7-10)24-2/h4-9H,1-3H3,(H,20,23)(H,21,22)/t9-/m0/s1. The molecule has 0 saturated heterocycles. The van der Waals surface area contributed by atoms with Gasteiger partial charge < -0.3 is 24.8 Å². The van der Waals surface area contributed by atoms with Crippen molar-refractivity contribution in [1.29, 1.82) is 0 Å². The maximum absolute atomic E-state index is 12.5. The molecule has 0 fully saturated rings. The van der Waals surface area contributed by atoms with Crippen LogP contribution in [-0.2, 0) is 4.79 Å². The number of fused-ring (bicyclic) bond motifs is 1. The van der Waals surface area contributed by atoms with Crippen LogP contribution in [0.1, 0.15) is 17.3 Å². The van der Waals surface area contributed by atoms with Crippen LogP contribution in [0.3, 0.4) is 0 Å². The fraction of sp³-hybridized carbons (Fsp3) is 0.222. The van der Waals surface area contributed by atoms with Crippen molar-refractivity contribution in [2.45, 2.75) is 13.0 Å². The van der Waals surface area contributed by atoms with Gasteiger partial charge in [-0.25, -0.2) is 0 Å². The second-order valence-electron chi connectivity index (χ2n) is 5.61. The van der Waals surface area contributed by atoms with Crippen molar-refractivity contribution in [2.75, 3.05) is 24.9 Å². The Kier molecular flexibility index (Phi) is 4.90. The van der Waals surface area contributed by atoms with Gasteiger partial charge in [-0.15, -0.1) is 0 Å². The lowest BCUT2D eigenvalue weighted by molar-refractivity contribution is -0.122. The fourth-order valence-corrected chi connectivity index (χ4v) is 2.83. The summed E-state index contributed by atoms with van der Waals surface area (Å²) in [4.78, 5) is 24.3. The average molecular weight is 377 g/mol. The normalized spacial score (nSPS) is 15.4. The Bertz CT molecular complexity index is 884. The molecule has 8 heteroatoms. The average Bonchev–Trinajstić information content (AvgIpc) is 2.62. The molecule has 1 heterocycles. The molecule has 26 heavy (non-hydrogen) atoms. The summed E-state index contributed by atoms with van der Waals surface area (Å²) in [5.41, 5.74) is 1.30. The van der Waals surface area contributed by atoms with Crippen LogP contribution in [0.5, 0.6) is 17.2 Å². The molecule has 1 aliphatic heterocycles. The number of ether oxygens (including phenoxy) is 3. The molecule has 2 amide bonds. The van der Waals surface area contributed by atoms with Crippen molar-refractivity contribution >= 4 is 34.8 Å². The van der Waals surface area contributed by atoms with Gasteiger partial charge in [0.05, 0.1) is 24.9 Å². The van der Waals surface area contributed by atoms with Crippen molar-refractivity contribution in [2.24, 2.45) is 0 Å². The summed E-state index contributed by atoms with van der Waals surface area (Å²) >= 11 is 6.14. The topological polar surface area (TPSA) is 85.9 Å². The molecule has 7 nitrogen and oxygen atoms in total. The number of methoxy groups -OCH3 is 2. The summed E-state index contributed by atoms with van der Waals surface area (Å²) in [6, 6.07) is 8.01. The zero-order valence-corrected chi connectivity index (χ0v) is 15.1. The van der Waals surface area contributed by atoms with Gasteiger partial charge in [-0.3, -0.25) is 9.59 Å². The van der Waals surface area contributed by atoms with E-state index in [1.807, 2.05) is 0 Å². The highest BCUT2D eigenvalue weighted by atomic mass is 35.5. The molecule has 0 unspecified atom stereocenters. The Balaban J connectivity index is 1.84. The molecule has 2 N–H and O–H groups in total. The second-order valence-corrected chi connectivity index (χ2v) is 6.02. The smallest absolute Gasteiger partial charge is 0.265 e. The third-order valence-electron chi connectivity index (χ3n) is 3.86. The zero-order valence-electron chi connectivity index (χ0n) is 14.4. The van der Waals surface area contributed by atoms with Crippen LogP contribution in [0.15, 0.2) is 30.3 Å². The summed E-state index contributed by atoms with van der Waals surface area (Å²) < 4.78 is 15.8. The van der Waals surface area contributed by atoms with E-state index in [-0.39, 0.29) is 16.8 Å². The van der Waals surface area contributed by atoms with E-state index in [4.69, 9.17) is 25.8 Å². The number of hydrogen-bond donors (Lipinski definition) is 2. The van der Waals surface area contributed by atoms with Gasteiger partial charge in [0.25, 0.3) is 11.8 Å². The molecule has 1 atom stereocenters. The van der Waals surface area contributed by atoms with Crippen molar-refractivity contribution < 1.29 is 23.8 Å². The van der Waals surface area contributed by atoms with Crippen LogP contribution < -0.4 is 24.8 Å². The third kappa shape index (κ3) is 3.39. The highest BCUT2D eigenvalue weighted by Crippen LogP contribution is 2.36. The van der Waals surface area contributed by atoms with Crippen LogP contribution in [-0.4, -0.2) is 32.1 Å². The number of halogens is 1. The number of benzene rings is 2. The minimum Gasteiger partial charge on any atom is -0.493 e. The van der Waals surface area contributed by atoms with Crippen LogP contribution in [0.2, 0.25) is 5.02 Å².